The van der Waals surface area contributed by atoms with Gasteiger partial charge in [0.1, 0.15) is 0 Å². The Hall–Kier alpha value is -2.08. The summed E-state index contributed by atoms with van der Waals surface area (Å²) in [6, 6.07) is 4.80. The molecular weight excluding hydrogens is 388 g/mol. The first-order chi connectivity index (χ1) is 13.3. The Kier molecular flexibility index (Phi) is 6.28. The molecule has 0 bridgehead atoms. The molecule has 0 radical (unpaired) electrons. The average Bonchev–Trinajstić information content (AvgIpc) is 3.38. The van der Waals surface area contributed by atoms with E-state index in [1.165, 1.54) is 28.6 Å². The highest BCUT2D eigenvalue weighted by Crippen LogP contribution is 2.23. The van der Waals surface area contributed by atoms with Crippen molar-refractivity contribution in [3.05, 3.63) is 39.9 Å². The average molecular weight is 412 g/mol. The van der Waals surface area contributed by atoms with Crippen LogP contribution >= 0.6 is 0 Å². The first kappa shape index (κ1) is 20.6. The van der Waals surface area contributed by atoms with Crippen molar-refractivity contribution in [2.75, 3.05) is 26.2 Å². The minimum absolute atomic E-state index is 0.0711. The molecule has 2 aliphatic rings. The number of nitrogens with zero attached hydrogens (tertiary/aromatic N) is 2. The molecule has 3 atom stereocenters. The van der Waals surface area contributed by atoms with Gasteiger partial charge < -0.3 is 15.7 Å². The van der Waals surface area contributed by atoms with Crippen LogP contribution in [0.1, 0.15) is 30.9 Å². The Morgan fingerprint density at radius 3 is 2.57 bits per heavy atom. The fourth-order valence-electron chi connectivity index (χ4n) is 3.54. The molecule has 3 unspecified atom stereocenters. The van der Waals surface area contributed by atoms with E-state index in [4.69, 9.17) is 0 Å². The number of aliphatic hydroxyl groups is 1. The lowest BCUT2D eigenvalue weighted by atomic mass is 10.1. The van der Waals surface area contributed by atoms with Gasteiger partial charge >= 0.3 is 0 Å². The highest BCUT2D eigenvalue weighted by atomic mass is 32.2. The number of hydrogen-bond acceptors (Lipinski definition) is 7. The van der Waals surface area contributed by atoms with Gasteiger partial charge in [-0.1, -0.05) is 0 Å². The summed E-state index contributed by atoms with van der Waals surface area (Å²) < 4.78 is 26.7. The zero-order valence-electron chi connectivity index (χ0n) is 15.3. The number of rotatable bonds is 7. The number of aliphatic hydroxyl groups excluding tert-OH is 1. The Balaban J connectivity index is 1.50. The van der Waals surface area contributed by atoms with Gasteiger partial charge in [0.2, 0.25) is 15.9 Å². The van der Waals surface area contributed by atoms with Crippen molar-refractivity contribution >= 4 is 21.6 Å². The van der Waals surface area contributed by atoms with Gasteiger partial charge in [0.15, 0.2) is 0 Å². The van der Waals surface area contributed by atoms with Gasteiger partial charge in [0.05, 0.1) is 22.3 Å². The van der Waals surface area contributed by atoms with Crippen LogP contribution in [0.15, 0.2) is 24.3 Å². The second-order valence-electron chi connectivity index (χ2n) is 7.08. The van der Waals surface area contributed by atoms with E-state index in [1.54, 1.807) is 0 Å². The second-order valence-corrected chi connectivity index (χ2v) is 9.29. The van der Waals surface area contributed by atoms with Crippen molar-refractivity contribution in [2.24, 2.45) is 0 Å². The third-order valence-corrected chi connectivity index (χ3v) is 7.50. The maximum atomic E-state index is 12.6. The zero-order chi connectivity index (χ0) is 20.3. The van der Waals surface area contributed by atoms with Crippen LogP contribution in [0.4, 0.5) is 5.69 Å². The van der Waals surface area contributed by atoms with E-state index >= 15 is 0 Å². The van der Waals surface area contributed by atoms with Crippen LogP contribution in [-0.2, 0) is 14.8 Å². The van der Waals surface area contributed by atoms with Crippen molar-refractivity contribution in [3.8, 4) is 0 Å². The normalized spacial score (nSPS) is 24.2. The van der Waals surface area contributed by atoms with Crippen LogP contribution in [-0.4, -0.2) is 66.1 Å². The Labute approximate surface area is 163 Å². The first-order valence-corrected chi connectivity index (χ1v) is 10.7. The number of nitro benzene ring substituents is 1. The SMILES string of the molecule is O=C(NCC(O)c1ccc([N+](=O)[O-])cc1)C1CC(S(=O)(=O)N2CCCC2)CN1. The summed E-state index contributed by atoms with van der Waals surface area (Å²) >= 11 is 0. The smallest absolute Gasteiger partial charge is 0.269 e. The molecular formula is C17H24N4O6S. The van der Waals surface area contributed by atoms with Crippen LogP contribution in [0.2, 0.25) is 0 Å². The lowest BCUT2D eigenvalue weighted by Crippen LogP contribution is -2.42. The molecule has 3 rings (SSSR count). The topological polar surface area (TPSA) is 142 Å². The van der Waals surface area contributed by atoms with Crippen molar-refractivity contribution in [1.82, 2.24) is 14.9 Å². The predicted octanol–water partition coefficient (Wildman–Crippen LogP) is -0.0995. The molecule has 1 aromatic rings. The van der Waals surface area contributed by atoms with E-state index < -0.39 is 32.3 Å². The summed E-state index contributed by atoms with van der Waals surface area (Å²) in [6.07, 6.45) is 0.904. The number of non-ortho nitro benzene ring substituents is 1. The van der Waals surface area contributed by atoms with Crippen LogP contribution in [0.3, 0.4) is 0 Å². The monoisotopic (exact) mass is 412 g/mol. The summed E-state index contributed by atoms with van der Waals surface area (Å²) in [5.74, 6) is -0.375. The van der Waals surface area contributed by atoms with Crippen LogP contribution in [0.25, 0.3) is 0 Å². The Morgan fingerprint density at radius 2 is 1.96 bits per heavy atom. The predicted molar refractivity (Wildman–Crippen MR) is 101 cm³/mol. The zero-order valence-corrected chi connectivity index (χ0v) is 16.1. The van der Waals surface area contributed by atoms with Gasteiger partial charge in [0, 0.05) is 38.3 Å². The third kappa shape index (κ3) is 4.49. The lowest BCUT2D eigenvalue weighted by molar-refractivity contribution is -0.384. The quantitative estimate of drug-likeness (QED) is 0.419. The molecule has 2 fully saturated rings. The molecule has 10 nitrogen and oxygen atoms in total. The fourth-order valence-corrected chi connectivity index (χ4v) is 5.47. The highest BCUT2D eigenvalue weighted by Gasteiger charge is 2.40. The Bertz CT molecular complexity index is 823. The molecule has 2 heterocycles. The molecule has 2 aliphatic heterocycles. The summed E-state index contributed by atoms with van der Waals surface area (Å²) in [4.78, 5) is 22.5. The molecule has 1 aromatic carbocycles. The van der Waals surface area contributed by atoms with Gasteiger partial charge in [-0.25, -0.2) is 12.7 Å². The number of sulfonamides is 1. The molecule has 28 heavy (non-hydrogen) atoms. The summed E-state index contributed by atoms with van der Waals surface area (Å²) in [5, 5.41) is 25.7. The van der Waals surface area contributed by atoms with E-state index in [-0.39, 0.29) is 31.1 Å². The molecule has 11 heteroatoms. The molecule has 0 aromatic heterocycles. The van der Waals surface area contributed by atoms with Gasteiger partial charge in [-0.15, -0.1) is 0 Å². The van der Waals surface area contributed by atoms with E-state index in [2.05, 4.69) is 10.6 Å². The number of carbonyl (C=O) groups excluding carboxylic acids is 1. The summed E-state index contributed by atoms with van der Waals surface area (Å²) in [7, 11) is -3.40. The van der Waals surface area contributed by atoms with E-state index in [9.17, 15) is 28.4 Å². The third-order valence-electron chi connectivity index (χ3n) is 5.21. The first-order valence-electron chi connectivity index (χ1n) is 9.21. The second kappa shape index (κ2) is 8.52. The number of benzene rings is 1. The lowest BCUT2D eigenvalue weighted by Gasteiger charge is -2.20. The summed E-state index contributed by atoms with van der Waals surface area (Å²) in [6.45, 7) is 1.23. The number of hydrogen-bond donors (Lipinski definition) is 3. The van der Waals surface area contributed by atoms with E-state index in [0.29, 0.717) is 18.7 Å². The minimum atomic E-state index is -3.40. The van der Waals surface area contributed by atoms with E-state index in [1.807, 2.05) is 0 Å². The molecule has 154 valence electrons. The molecule has 0 aliphatic carbocycles. The van der Waals surface area contributed by atoms with Gasteiger partial charge in [-0.2, -0.15) is 0 Å². The van der Waals surface area contributed by atoms with Crippen molar-refractivity contribution in [3.63, 3.8) is 0 Å². The van der Waals surface area contributed by atoms with Gasteiger partial charge in [0.25, 0.3) is 5.69 Å². The minimum Gasteiger partial charge on any atom is -0.387 e. The van der Waals surface area contributed by atoms with Crippen molar-refractivity contribution in [2.45, 2.75) is 36.7 Å². The van der Waals surface area contributed by atoms with Gasteiger partial charge in [-0.05, 0) is 37.0 Å². The number of carbonyl (C=O) groups is 1. The maximum absolute atomic E-state index is 12.6. The molecule has 3 N–H and O–H groups in total. The van der Waals surface area contributed by atoms with E-state index in [0.717, 1.165) is 12.8 Å². The van der Waals surface area contributed by atoms with Gasteiger partial charge in [-0.3, -0.25) is 14.9 Å². The molecule has 0 spiro atoms. The van der Waals surface area contributed by atoms with Crippen LogP contribution in [0, 0.1) is 10.1 Å². The molecule has 0 saturated carbocycles. The molecule has 2 saturated heterocycles. The standard InChI is InChI=1S/C17H24N4O6S/c22-16(12-3-5-13(6-4-12)21(24)25)11-19-17(23)15-9-14(10-18-15)28(26,27)20-7-1-2-8-20/h3-6,14-16,18,22H,1-2,7-11H2,(H,19,23). The largest absolute Gasteiger partial charge is 0.387 e. The highest BCUT2D eigenvalue weighted by molar-refractivity contribution is 7.89. The number of nitrogens with one attached hydrogen (secondary N) is 2. The Morgan fingerprint density at radius 1 is 1.32 bits per heavy atom. The maximum Gasteiger partial charge on any atom is 0.269 e. The van der Waals surface area contributed by atoms with Crippen LogP contribution < -0.4 is 10.6 Å². The number of nitro groups is 1. The number of amides is 1. The van der Waals surface area contributed by atoms with Crippen LogP contribution in [0.5, 0.6) is 0 Å². The molecule has 1 amide bonds. The van der Waals surface area contributed by atoms with Crippen molar-refractivity contribution < 1.29 is 23.2 Å². The van der Waals surface area contributed by atoms with Crippen molar-refractivity contribution in [1.29, 1.82) is 0 Å². The fraction of sp³-hybridized carbons (Fsp3) is 0.588. The summed E-state index contributed by atoms with van der Waals surface area (Å²) in [5.41, 5.74) is 0.361.